The van der Waals surface area contributed by atoms with Crippen molar-refractivity contribution in [3.8, 4) is 5.75 Å². The molecule has 3 aromatic rings. The van der Waals surface area contributed by atoms with Gasteiger partial charge in [-0.15, -0.1) is 0 Å². The van der Waals surface area contributed by atoms with Gasteiger partial charge in [-0.05, 0) is 59.7 Å². The lowest BCUT2D eigenvalue weighted by molar-refractivity contribution is -0.115. The van der Waals surface area contributed by atoms with Crippen molar-refractivity contribution in [2.24, 2.45) is 0 Å². The van der Waals surface area contributed by atoms with Crippen LogP contribution < -0.4 is 10.1 Å². The molecule has 146 valence electrons. The summed E-state index contributed by atoms with van der Waals surface area (Å²) in [6, 6.07) is 20.0. The number of hydrogen-bond acceptors (Lipinski definition) is 3. The molecule has 1 N–H and O–H groups in total. The van der Waals surface area contributed by atoms with E-state index >= 15 is 0 Å². The van der Waals surface area contributed by atoms with Gasteiger partial charge < -0.3 is 10.1 Å². The molecule has 0 aliphatic heterocycles. The minimum absolute atomic E-state index is 0.0847. The lowest BCUT2D eigenvalue weighted by Crippen LogP contribution is -2.14. The van der Waals surface area contributed by atoms with E-state index in [0.717, 1.165) is 15.6 Å². The van der Waals surface area contributed by atoms with Gasteiger partial charge >= 0.3 is 0 Å². The summed E-state index contributed by atoms with van der Waals surface area (Å²) >= 11 is 3.35. The Kier molecular flexibility index (Phi) is 6.95. The van der Waals surface area contributed by atoms with Crippen LogP contribution in [0.1, 0.15) is 11.1 Å². The van der Waals surface area contributed by atoms with Crippen LogP contribution in [-0.2, 0) is 16.0 Å². The molecule has 4 nitrogen and oxygen atoms in total. The van der Waals surface area contributed by atoms with Crippen LogP contribution in [0.15, 0.2) is 77.3 Å². The Labute approximate surface area is 176 Å². The Morgan fingerprint density at radius 2 is 1.62 bits per heavy atom. The summed E-state index contributed by atoms with van der Waals surface area (Å²) in [4.78, 5) is 23.3. The van der Waals surface area contributed by atoms with E-state index in [9.17, 15) is 14.0 Å². The zero-order chi connectivity index (χ0) is 20.6. The van der Waals surface area contributed by atoms with Crippen molar-refractivity contribution in [1.29, 1.82) is 0 Å². The molecule has 3 aromatic carbocycles. The topological polar surface area (TPSA) is 55.4 Å². The first-order valence-electron chi connectivity index (χ1n) is 8.80. The first kappa shape index (κ1) is 20.5. The first-order valence-corrected chi connectivity index (χ1v) is 9.60. The number of ether oxygens (including phenoxy) is 1. The number of hydrogen-bond donors (Lipinski definition) is 1. The fourth-order valence-corrected chi connectivity index (χ4v) is 2.87. The Morgan fingerprint density at radius 3 is 2.24 bits per heavy atom. The highest BCUT2D eigenvalue weighted by Crippen LogP contribution is 2.20. The third-order valence-corrected chi connectivity index (χ3v) is 4.64. The van der Waals surface area contributed by atoms with E-state index < -0.39 is 0 Å². The zero-order valence-electron chi connectivity index (χ0n) is 15.3. The number of carbonyl (C=O) groups is 1. The highest BCUT2D eigenvalue weighted by Gasteiger charge is 2.07. The lowest BCUT2D eigenvalue weighted by Gasteiger charge is -2.09. The summed E-state index contributed by atoms with van der Waals surface area (Å²) < 4.78 is 19.5. The zero-order valence-corrected chi connectivity index (χ0v) is 16.9. The number of nitrogens with one attached hydrogen (secondary N) is 1. The predicted molar refractivity (Wildman–Crippen MR) is 114 cm³/mol. The van der Waals surface area contributed by atoms with Gasteiger partial charge in [0.15, 0.2) is 0 Å². The lowest BCUT2D eigenvalue weighted by atomic mass is 10.1. The van der Waals surface area contributed by atoms with Crippen LogP contribution in [0.5, 0.6) is 5.75 Å². The van der Waals surface area contributed by atoms with Crippen molar-refractivity contribution in [2.45, 2.75) is 6.42 Å². The number of amides is 1. The van der Waals surface area contributed by atoms with Gasteiger partial charge in [0.2, 0.25) is 5.91 Å². The average Bonchev–Trinajstić information content (AvgIpc) is 2.72. The van der Waals surface area contributed by atoms with Crippen LogP contribution in [0.25, 0.3) is 5.57 Å². The molecule has 0 bridgehead atoms. The summed E-state index contributed by atoms with van der Waals surface area (Å²) in [5, 5.41) is 2.78. The van der Waals surface area contributed by atoms with E-state index in [4.69, 9.17) is 4.74 Å². The van der Waals surface area contributed by atoms with Crippen LogP contribution >= 0.6 is 15.9 Å². The molecule has 1 amide bonds. The first-order chi connectivity index (χ1) is 14.0. The van der Waals surface area contributed by atoms with Crippen molar-refractivity contribution in [3.63, 3.8) is 0 Å². The van der Waals surface area contributed by atoms with Gasteiger partial charge in [0.05, 0.1) is 12.0 Å². The van der Waals surface area contributed by atoms with E-state index in [1.807, 2.05) is 30.2 Å². The number of anilines is 1. The van der Waals surface area contributed by atoms with Crippen LogP contribution in [0.4, 0.5) is 10.1 Å². The molecule has 29 heavy (non-hydrogen) atoms. The fraction of sp³-hybridized carbons (Fsp3) is 0.0870. The van der Waals surface area contributed by atoms with Gasteiger partial charge in [0, 0.05) is 10.2 Å². The number of carbonyl (C=O) groups excluding carboxylic acids is 2. The fourth-order valence-electron chi connectivity index (χ4n) is 2.61. The van der Waals surface area contributed by atoms with Crippen LogP contribution in [0, 0.1) is 5.82 Å². The smallest absolute Gasteiger partial charge is 0.228 e. The SMILES string of the molecule is O=C=C(COc1ccc(NC(=O)Cc2ccc(F)cc2)cc1)c1ccc(Br)cc1. The number of benzene rings is 3. The van der Waals surface area contributed by atoms with E-state index in [1.54, 1.807) is 36.4 Å². The largest absolute Gasteiger partial charge is 0.488 e. The second kappa shape index (κ2) is 9.82. The monoisotopic (exact) mass is 453 g/mol. The van der Waals surface area contributed by atoms with E-state index in [0.29, 0.717) is 17.0 Å². The molecule has 3 rings (SSSR count). The molecule has 0 atom stereocenters. The number of rotatable bonds is 7. The molecule has 0 fully saturated rings. The van der Waals surface area contributed by atoms with Gasteiger partial charge in [0.1, 0.15) is 24.1 Å². The molecule has 0 saturated carbocycles. The highest BCUT2D eigenvalue weighted by molar-refractivity contribution is 9.10. The van der Waals surface area contributed by atoms with E-state index in [1.165, 1.54) is 12.1 Å². The molecule has 6 heteroatoms. The molecule has 0 radical (unpaired) electrons. The summed E-state index contributed by atoms with van der Waals surface area (Å²) in [7, 11) is 0. The summed E-state index contributed by atoms with van der Waals surface area (Å²) in [6.45, 7) is 0.0847. The van der Waals surface area contributed by atoms with Gasteiger partial charge in [-0.1, -0.05) is 40.2 Å². The third-order valence-electron chi connectivity index (χ3n) is 4.12. The van der Waals surface area contributed by atoms with Crippen molar-refractivity contribution in [2.75, 3.05) is 11.9 Å². The van der Waals surface area contributed by atoms with Crippen molar-refractivity contribution in [3.05, 3.63) is 94.2 Å². The molecular weight excluding hydrogens is 437 g/mol. The molecule has 0 heterocycles. The molecular formula is C23H17BrFNO3. The van der Waals surface area contributed by atoms with Crippen molar-refractivity contribution in [1.82, 2.24) is 0 Å². The van der Waals surface area contributed by atoms with Gasteiger partial charge in [-0.3, -0.25) is 4.79 Å². The minimum atomic E-state index is -0.336. The second-order valence-electron chi connectivity index (χ2n) is 6.25. The summed E-state index contributed by atoms with van der Waals surface area (Å²) in [6.07, 6.45) is 0.152. The maximum Gasteiger partial charge on any atom is 0.228 e. The van der Waals surface area contributed by atoms with Crippen molar-refractivity contribution < 1.29 is 18.7 Å². The second-order valence-corrected chi connectivity index (χ2v) is 7.17. The van der Waals surface area contributed by atoms with Gasteiger partial charge in [0.25, 0.3) is 0 Å². The molecule has 0 saturated heterocycles. The Balaban J connectivity index is 1.54. The van der Waals surface area contributed by atoms with Gasteiger partial charge in [-0.2, -0.15) is 0 Å². The van der Waals surface area contributed by atoms with Gasteiger partial charge in [-0.25, -0.2) is 9.18 Å². The quantitative estimate of drug-likeness (QED) is 0.508. The molecule has 0 aromatic heterocycles. The Morgan fingerprint density at radius 1 is 0.966 bits per heavy atom. The molecule has 0 unspecified atom stereocenters. The van der Waals surface area contributed by atoms with Crippen LogP contribution in [0.3, 0.4) is 0 Å². The molecule has 0 aliphatic carbocycles. The molecule has 0 aliphatic rings. The minimum Gasteiger partial charge on any atom is -0.488 e. The van der Waals surface area contributed by atoms with E-state index in [-0.39, 0.29) is 24.8 Å². The summed E-state index contributed by atoms with van der Waals surface area (Å²) in [5.74, 6) is 1.94. The predicted octanol–water partition coefficient (Wildman–Crippen LogP) is 5.06. The standard InChI is InChI=1S/C23H17BrFNO3/c24-19-5-3-17(4-6-19)18(14-27)15-29-22-11-9-21(10-12-22)26-23(28)13-16-1-7-20(25)8-2-16/h1-12H,13,15H2,(H,26,28). The third kappa shape index (κ3) is 6.14. The highest BCUT2D eigenvalue weighted by atomic mass is 79.9. The normalized spacial score (nSPS) is 10.1. The Bertz CT molecular complexity index is 1030. The Hall–Kier alpha value is -3.21. The average molecular weight is 454 g/mol. The number of halogens is 2. The van der Waals surface area contributed by atoms with Crippen LogP contribution in [0.2, 0.25) is 0 Å². The maximum absolute atomic E-state index is 12.9. The van der Waals surface area contributed by atoms with Crippen LogP contribution in [-0.4, -0.2) is 18.5 Å². The van der Waals surface area contributed by atoms with E-state index in [2.05, 4.69) is 21.2 Å². The maximum atomic E-state index is 12.9. The summed E-state index contributed by atoms with van der Waals surface area (Å²) in [5.41, 5.74) is 2.50. The molecule has 0 spiro atoms. The van der Waals surface area contributed by atoms with Crippen molar-refractivity contribution >= 4 is 39.0 Å².